The first-order valence-corrected chi connectivity index (χ1v) is 6.73. The molecule has 1 aliphatic rings. The third kappa shape index (κ3) is 3.08. The molecule has 0 amide bonds. The Morgan fingerprint density at radius 3 is 2.83 bits per heavy atom. The van der Waals surface area contributed by atoms with Crippen molar-refractivity contribution in [2.24, 2.45) is 11.8 Å². The second kappa shape index (κ2) is 5.79. The molecule has 1 N–H and O–H groups in total. The van der Waals surface area contributed by atoms with Gasteiger partial charge in [-0.2, -0.15) is 0 Å². The number of rotatable bonds is 3. The third-order valence-electron chi connectivity index (χ3n) is 3.74. The molecule has 2 atom stereocenters. The second-order valence-electron chi connectivity index (χ2n) is 5.65. The van der Waals surface area contributed by atoms with Crippen molar-refractivity contribution in [3.8, 4) is 0 Å². The lowest BCUT2D eigenvalue weighted by atomic mass is 9.77. The molecule has 1 nitrogen and oxygen atoms in total. The Morgan fingerprint density at radius 2 is 2.11 bits per heavy atom. The molecule has 0 spiro atoms. The van der Waals surface area contributed by atoms with Crippen LogP contribution in [0, 0.1) is 23.5 Å². The van der Waals surface area contributed by atoms with E-state index in [0.29, 0.717) is 17.4 Å². The summed E-state index contributed by atoms with van der Waals surface area (Å²) in [4.78, 5) is 0. The first-order chi connectivity index (χ1) is 8.58. The van der Waals surface area contributed by atoms with Crippen molar-refractivity contribution in [1.29, 1.82) is 0 Å². The van der Waals surface area contributed by atoms with Crippen molar-refractivity contribution in [2.75, 3.05) is 13.1 Å². The molecule has 1 heterocycles. The van der Waals surface area contributed by atoms with E-state index in [-0.39, 0.29) is 17.6 Å². The minimum Gasteiger partial charge on any atom is -0.316 e. The zero-order valence-electron chi connectivity index (χ0n) is 11.0. The second-order valence-corrected chi connectivity index (χ2v) is 5.65. The van der Waals surface area contributed by atoms with Gasteiger partial charge in [-0.05, 0) is 67.4 Å². The molecule has 0 aromatic heterocycles. The van der Waals surface area contributed by atoms with E-state index in [0.717, 1.165) is 25.9 Å². The summed E-state index contributed by atoms with van der Waals surface area (Å²) in [6.45, 7) is 6.13. The number of piperidine rings is 1. The van der Waals surface area contributed by atoms with E-state index in [4.69, 9.17) is 0 Å². The number of benzene rings is 1. The molecule has 2 unspecified atom stereocenters. The molecule has 0 radical (unpaired) electrons. The largest absolute Gasteiger partial charge is 0.316 e. The lowest BCUT2D eigenvalue weighted by molar-refractivity contribution is 0.275. The Morgan fingerprint density at radius 1 is 1.33 bits per heavy atom. The highest BCUT2D eigenvalue weighted by atomic mass is 19.1. The molecule has 1 aliphatic heterocycles. The summed E-state index contributed by atoms with van der Waals surface area (Å²) in [6.07, 6.45) is 1.94. The molecule has 1 aromatic carbocycles. The summed E-state index contributed by atoms with van der Waals surface area (Å²) < 4.78 is 27.2. The molecule has 0 bridgehead atoms. The average Bonchev–Trinajstić information content (AvgIpc) is 2.32. The van der Waals surface area contributed by atoms with Crippen LogP contribution < -0.4 is 5.32 Å². The summed E-state index contributed by atoms with van der Waals surface area (Å²) in [7, 11) is 0. The van der Waals surface area contributed by atoms with Crippen LogP contribution in [0.3, 0.4) is 0 Å². The lowest BCUT2D eigenvalue weighted by Gasteiger charge is -2.33. The standard InChI is InChI=1S/C15H21F2N/c1-10(2)7-11-9-18-6-5-13(11)14-8-12(16)3-4-15(14)17/h3-4,8,10-11,13,18H,5-7,9H2,1-2H3. The van der Waals surface area contributed by atoms with Crippen LogP contribution in [0.25, 0.3) is 0 Å². The van der Waals surface area contributed by atoms with Gasteiger partial charge in [0.2, 0.25) is 0 Å². The fraction of sp³-hybridized carbons (Fsp3) is 0.600. The van der Waals surface area contributed by atoms with Crippen LogP contribution in [-0.4, -0.2) is 13.1 Å². The minimum absolute atomic E-state index is 0.143. The minimum atomic E-state index is -0.340. The van der Waals surface area contributed by atoms with Crippen molar-refractivity contribution in [3.05, 3.63) is 35.4 Å². The van der Waals surface area contributed by atoms with Crippen molar-refractivity contribution >= 4 is 0 Å². The Bertz CT molecular complexity index is 403. The van der Waals surface area contributed by atoms with Crippen LogP contribution in [0.4, 0.5) is 8.78 Å². The van der Waals surface area contributed by atoms with E-state index in [2.05, 4.69) is 19.2 Å². The summed E-state index contributed by atoms with van der Waals surface area (Å²) in [5.41, 5.74) is 0.558. The molecular formula is C15H21F2N. The first kappa shape index (κ1) is 13.5. The van der Waals surface area contributed by atoms with Gasteiger partial charge in [-0.15, -0.1) is 0 Å². The summed E-state index contributed by atoms with van der Waals surface area (Å²) in [5, 5.41) is 3.36. The van der Waals surface area contributed by atoms with Crippen molar-refractivity contribution in [1.82, 2.24) is 5.32 Å². The van der Waals surface area contributed by atoms with E-state index >= 15 is 0 Å². The first-order valence-electron chi connectivity index (χ1n) is 6.73. The SMILES string of the molecule is CC(C)CC1CNCCC1c1cc(F)ccc1F. The van der Waals surface area contributed by atoms with Crippen LogP contribution >= 0.6 is 0 Å². The molecule has 1 fully saturated rings. The Kier molecular flexibility index (Phi) is 4.33. The molecule has 0 aliphatic carbocycles. The maximum Gasteiger partial charge on any atom is 0.126 e. The van der Waals surface area contributed by atoms with Gasteiger partial charge in [0.05, 0.1) is 0 Å². The Hall–Kier alpha value is -0.960. The van der Waals surface area contributed by atoms with Crippen LogP contribution in [0.2, 0.25) is 0 Å². The predicted molar refractivity (Wildman–Crippen MR) is 69.5 cm³/mol. The maximum absolute atomic E-state index is 13.9. The van der Waals surface area contributed by atoms with Crippen molar-refractivity contribution in [3.63, 3.8) is 0 Å². The number of hydrogen-bond donors (Lipinski definition) is 1. The molecule has 1 aromatic rings. The monoisotopic (exact) mass is 253 g/mol. The molecule has 100 valence electrons. The van der Waals surface area contributed by atoms with E-state index in [1.54, 1.807) is 0 Å². The number of nitrogens with one attached hydrogen (secondary N) is 1. The van der Waals surface area contributed by atoms with E-state index in [9.17, 15) is 8.78 Å². The van der Waals surface area contributed by atoms with Gasteiger partial charge in [-0.1, -0.05) is 13.8 Å². The maximum atomic E-state index is 13.9. The summed E-state index contributed by atoms with van der Waals surface area (Å²) in [6, 6.07) is 3.81. The van der Waals surface area contributed by atoms with E-state index in [1.807, 2.05) is 0 Å². The quantitative estimate of drug-likeness (QED) is 0.866. The fourth-order valence-electron chi connectivity index (χ4n) is 2.98. The highest BCUT2D eigenvalue weighted by Crippen LogP contribution is 2.35. The molecule has 1 saturated heterocycles. The van der Waals surface area contributed by atoms with Gasteiger partial charge in [0.1, 0.15) is 11.6 Å². The Balaban J connectivity index is 2.24. The van der Waals surface area contributed by atoms with Crippen LogP contribution in [0.5, 0.6) is 0 Å². The average molecular weight is 253 g/mol. The Labute approximate surface area is 108 Å². The van der Waals surface area contributed by atoms with Crippen LogP contribution in [0.1, 0.15) is 38.2 Å². The lowest BCUT2D eigenvalue weighted by Crippen LogP contribution is -2.36. The predicted octanol–water partition coefficient (Wildman–Crippen LogP) is 3.70. The zero-order valence-corrected chi connectivity index (χ0v) is 11.0. The molecule has 3 heteroatoms. The van der Waals surface area contributed by atoms with Crippen LogP contribution in [-0.2, 0) is 0 Å². The van der Waals surface area contributed by atoms with E-state index in [1.165, 1.54) is 18.2 Å². The molecule has 0 saturated carbocycles. The van der Waals surface area contributed by atoms with Gasteiger partial charge in [0, 0.05) is 0 Å². The van der Waals surface area contributed by atoms with Gasteiger partial charge >= 0.3 is 0 Å². The molecular weight excluding hydrogens is 232 g/mol. The molecule has 2 rings (SSSR count). The smallest absolute Gasteiger partial charge is 0.126 e. The normalized spacial score (nSPS) is 24.5. The molecule has 18 heavy (non-hydrogen) atoms. The van der Waals surface area contributed by atoms with Gasteiger partial charge < -0.3 is 5.32 Å². The number of halogens is 2. The van der Waals surface area contributed by atoms with Crippen molar-refractivity contribution < 1.29 is 8.78 Å². The summed E-state index contributed by atoms with van der Waals surface area (Å²) >= 11 is 0. The number of hydrogen-bond acceptors (Lipinski definition) is 1. The van der Waals surface area contributed by atoms with Crippen LogP contribution in [0.15, 0.2) is 18.2 Å². The van der Waals surface area contributed by atoms with Gasteiger partial charge in [0.25, 0.3) is 0 Å². The van der Waals surface area contributed by atoms with Crippen molar-refractivity contribution in [2.45, 2.75) is 32.6 Å². The van der Waals surface area contributed by atoms with Gasteiger partial charge in [0.15, 0.2) is 0 Å². The van der Waals surface area contributed by atoms with Gasteiger partial charge in [-0.3, -0.25) is 0 Å². The third-order valence-corrected chi connectivity index (χ3v) is 3.74. The van der Waals surface area contributed by atoms with E-state index < -0.39 is 0 Å². The highest BCUT2D eigenvalue weighted by molar-refractivity contribution is 5.24. The van der Waals surface area contributed by atoms with Gasteiger partial charge in [-0.25, -0.2) is 8.78 Å². The topological polar surface area (TPSA) is 12.0 Å². The summed E-state index contributed by atoms with van der Waals surface area (Å²) in [5.74, 6) is 0.513. The zero-order chi connectivity index (χ0) is 13.1. The fourth-order valence-corrected chi connectivity index (χ4v) is 2.98. The highest BCUT2D eigenvalue weighted by Gasteiger charge is 2.29.